The Kier molecular flexibility index (Phi) is 6.19. The number of nitrogens with zero attached hydrogens (tertiary/aromatic N) is 2. The van der Waals surface area contributed by atoms with Crippen LogP contribution in [-0.2, 0) is 9.53 Å². The first-order valence-electron chi connectivity index (χ1n) is 4.14. The summed E-state index contributed by atoms with van der Waals surface area (Å²) in [6.45, 7) is 7.66. The maximum atomic E-state index is 11.4. The Morgan fingerprint density at radius 3 is 2.43 bits per heavy atom. The van der Waals surface area contributed by atoms with Crippen molar-refractivity contribution in [3.8, 4) is 0 Å². The van der Waals surface area contributed by atoms with Gasteiger partial charge in [-0.05, 0) is 19.4 Å². The lowest BCUT2D eigenvalue weighted by atomic mass is 10.2. The SMILES string of the molecule is C=NN(CCBr)C(C(=O)OC)=C(C)C. The molecular formula is C9H15BrN2O2. The van der Waals surface area contributed by atoms with Gasteiger partial charge in [-0.25, -0.2) is 4.79 Å². The highest BCUT2D eigenvalue weighted by atomic mass is 79.9. The van der Waals surface area contributed by atoms with Gasteiger partial charge in [0.25, 0.3) is 0 Å². The van der Waals surface area contributed by atoms with E-state index in [4.69, 9.17) is 0 Å². The van der Waals surface area contributed by atoms with E-state index in [1.165, 1.54) is 12.1 Å². The van der Waals surface area contributed by atoms with Gasteiger partial charge in [0.1, 0.15) is 5.70 Å². The fourth-order valence-corrected chi connectivity index (χ4v) is 1.33. The molecule has 5 heteroatoms. The first kappa shape index (κ1) is 13.2. The van der Waals surface area contributed by atoms with Gasteiger partial charge in [0.15, 0.2) is 0 Å². The molecule has 0 amide bonds. The molecule has 0 aromatic carbocycles. The molecule has 0 radical (unpaired) electrons. The Hall–Kier alpha value is -0.840. The van der Waals surface area contributed by atoms with Crippen molar-refractivity contribution in [2.75, 3.05) is 19.0 Å². The zero-order chi connectivity index (χ0) is 11.1. The summed E-state index contributed by atoms with van der Waals surface area (Å²) in [7, 11) is 1.35. The fraction of sp³-hybridized carbons (Fsp3) is 0.556. The monoisotopic (exact) mass is 262 g/mol. The van der Waals surface area contributed by atoms with E-state index >= 15 is 0 Å². The Balaban J connectivity index is 4.90. The van der Waals surface area contributed by atoms with Crippen LogP contribution in [0.5, 0.6) is 0 Å². The van der Waals surface area contributed by atoms with Gasteiger partial charge in [-0.3, -0.25) is 5.01 Å². The van der Waals surface area contributed by atoms with E-state index in [0.717, 1.165) is 5.57 Å². The molecule has 0 aliphatic heterocycles. The minimum absolute atomic E-state index is 0.390. The molecule has 0 saturated carbocycles. The van der Waals surface area contributed by atoms with Crippen molar-refractivity contribution in [1.82, 2.24) is 5.01 Å². The molecule has 0 fully saturated rings. The van der Waals surface area contributed by atoms with Crippen LogP contribution in [0.15, 0.2) is 16.4 Å². The lowest BCUT2D eigenvalue weighted by Crippen LogP contribution is -2.26. The summed E-state index contributed by atoms with van der Waals surface area (Å²) in [4.78, 5) is 11.4. The van der Waals surface area contributed by atoms with Gasteiger partial charge in [0, 0.05) is 12.0 Å². The van der Waals surface area contributed by atoms with Gasteiger partial charge in [-0.2, -0.15) is 5.10 Å². The van der Waals surface area contributed by atoms with Crippen molar-refractivity contribution in [3.63, 3.8) is 0 Å². The number of carbonyl (C=O) groups is 1. The third-order valence-corrected chi connectivity index (χ3v) is 1.93. The predicted molar refractivity (Wildman–Crippen MR) is 60.4 cm³/mol. The van der Waals surface area contributed by atoms with Gasteiger partial charge < -0.3 is 4.74 Å². The Bertz CT molecular complexity index is 247. The van der Waals surface area contributed by atoms with E-state index < -0.39 is 5.97 Å². The lowest BCUT2D eigenvalue weighted by Gasteiger charge is -2.20. The minimum Gasteiger partial charge on any atom is -0.464 e. The Labute approximate surface area is 92.7 Å². The summed E-state index contributed by atoms with van der Waals surface area (Å²) in [6.07, 6.45) is 0. The third kappa shape index (κ3) is 3.49. The third-order valence-electron chi connectivity index (χ3n) is 1.58. The second-order valence-corrected chi connectivity index (χ2v) is 3.59. The molecule has 0 aliphatic carbocycles. The molecule has 0 bridgehead atoms. The largest absolute Gasteiger partial charge is 0.464 e. The van der Waals surface area contributed by atoms with Crippen LogP contribution in [0.25, 0.3) is 0 Å². The smallest absolute Gasteiger partial charge is 0.356 e. The quantitative estimate of drug-likeness (QED) is 0.249. The number of carbonyl (C=O) groups excluding carboxylic acids is 1. The highest BCUT2D eigenvalue weighted by Gasteiger charge is 2.18. The molecule has 4 nitrogen and oxygen atoms in total. The minimum atomic E-state index is -0.390. The molecule has 0 heterocycles. The molecule has 0 saturated heterocycles. The number of allylic oxidation sites excluding steroid dienone is 1. The van der Waals surface area contributed by atoms with Gasteiger partial charge >= 0.3 is 5.97 Å². The van der Waals surface area contributed by atoms with E-state index in [1.54, 1.807) is 0 Å². The molecule has 0 unspecified atom stereocenters. The highest BCUT2D eigenvalue weighted by Crippen LogP contribution is 2.12. The number of hydrazone groups is 1. The molecule has 14 heavy (non-hydrogen) atoms. The van der Waals surface area contributed by atoms with Crippen molar-refractivity contribution < 1.29 is 9.53 Å². The van der Waals surface area contributed by atoms with Crippen LogP contribution in [0.2, 0.25) is 0 Å². The average molecular weight is 263 g/mol. The lowest BCUT2D eigenvalue weighted by molar-refractivity contribution is -0.138. The second-order valence-electron chi connectivity index (χ2n) is 2.79. The molecular weight excluding hydrogens is 248 g/mol. The van der Waals surface area contributed by atoms with E-state index in [1.807, 2.05) is 13.8 Å². The van der Waals surface area contributed by atoms with Gasteiger partial charge in [0.2, 0.25) is 0 Å². The number of rotatable bonds is 5. The van der Waals surface area contributed by atoms with Crippen LogP contribution in [-0.4, -0.2) is 36.7 Å². The van der Waals surface area contributed by atoms with Crippen molar-refractivity contribution >= 4 is 28.6 Å². The summed E-state index contributed by atoms with van der Waals surface area (Å²) < 4.78 is 4.66. The topological polar surface area (TPSA) is 41.9 Å². The standard InChI is InChI=1S/C9H15BrN2O2/c1-7(2)8(9(13)14-4)12(11-3)6-5-10/h3,5-6H2,1-2,4H3. The van der Waals surface area contributed by atoms with Crippen LogP contribution in [0.1, 0.15) is 13.8 Å². The van der Waals surface area contributed by atoms with Gasteiger partial charge in [0.05, 0.1) is 13.7 Å². The average Bonchev–Trinajstić information content (AvgIpc) is 2.16. The molecule has 0 rings (SSSR count). The van der Waals surface area contributed by atoms with E-state index in [0.29, 0.717) is 17.6 Å². The van der Waals surface area contributed by atoms with Crippen LogP contribution in [0.4, 0.5) is 0 Å². The molecule has 0 aromatic rings. The zero-order valence-corrected chi connectivity index (χ0v) is 10.3. The summed E-state index contributed by atoms with van der Waals surface area (Å²) in [5.74, 6) is -0.390. The molecule has 0 spiro atoms. The number of alkyl halides is 1. The summed E-state index contributed by atoms with van der Waals surface area (Å²) in [5.41, 5.74) is 1.30. The summed E-state index contributed by atoms with van der Waals surface area (Å²) in [5, 5.41) is 5.99. The zero-order valence-electron chi connectivity index (χ0n) is 8.71. The first-order chi connectivity index (χ1) is 6.58. The fourth-order valence-electron chi connectivity index (χ4n) is 0.998. The molecule has 80 valence electrons. The number of methoxy groups -OCH3 is 1. The van der Waals surface area contributed by atoms with E-state index in [-0.39, 0.29) is 0 Å². The maximum Gasteiger partial charge on any atom is 0.356 e. The van der Waals surface area contributed by atoms with Crippen LogP contribution >= 0.6 is 15.9 Å². The van der Waals surface area contributed by atoms with Crippen LogP contribution < -0.4 is 0 Å². The predicted octanol–water partition coefficient (Wildman–Crippen LogP) is 1.77. The van der Waals surface area contributed by atoms with Crippen LogP contribution in [0, 0.1) is 0 Å². The number of ether oxygens (including phenoxy) is 1. The van der Waals surface area contributed by atoms with Gasteiger partial charge in [-0.15, -0.1) is 0 Å². The first-order valence-corrected chi connectivity index (χ1v) is 5.26. The molecule has 0 N–H and O–H groups in total. The maximum absolute atomic E-state index is 11.4. The molecule has 0 aliphatic rings. The van der Waals surface area contributed by atoms with Crippen molar-refractivity contribution in [3.05, 3.63) is 11.3 Å². The Morgan fingerprint density at radius 1 is 1.57 bits per heavy atom. The van der Waals surface area contributed by atoms with Gasteiger partial charge in [-0.1, -0.05) is 15.9 Å². The second kappa shape index (κ2) is 6.59. The molecule has 0 atom stereocenters. The van der Waals surface area contributed by atoms with E-state index in [9.17, 15) is 4.79 Å². The van der Waals surface area contributed by atoms with Crippen molar-refractivity contribution in [2.45, 2.75) is 13.8 Å². The number of esters is 1. The van der Waals surface area contributed by atoms with Crippen molar-refractivity contribution in [1.29, 1.82) is 0 Å². The summed E-state index contributed by atoms with van der Waals surface area (Å²) in [6, 6.07) is 0. The normalized spacial score (nSPS) is 9.14. The summed E-state index contributed by atoms with van der Waals surface area (Å²) >= 11 is 3.28. The van der Waals surface area contributed by atoms with Crippen molar-refractivity contribution in [2.24, 2.45) is 5.10 Å². The Morgan fingerprint density at radius 2 is 2.14 bits per heavy atom. The number of halogens is 1. The number of hydrogen-bond donors (Lipinski definition) is 0. The number of hydrogen-bond acceptors (Lipinski definition) is 4. The van der Waals surface area contributed by atoms with Crippen LogP contribution in [0.3, 0.4) is 0 Å². The molecule has 0 aromatic heterocycles. The highest BCUT2D eigenvalue weighted by molar-refractivity contribution is 9.09. The van der Waals surface area contributed by atoms with E-state index in [2.05, 4.69) is 32.5 Å².